The minimum absolute atomic E-state index is 0. The van der Waals surface area contributed by atoms with Crippen LogP contribution in [0.5, 0.6) is 0 Å². The van der Waals surface area contributed by atoms with Gasteiger partial charge in [0.05, 0.1) is 0 Å². The van der Waals surface area contributed by atoms with Crippen LogP contribution >= 0.6 is 0 Å². The zero-order valence-electron chi connectivity index (χ0n) is 16.7. The number of hydrogen-bond acceptors (Lipinski definition) is 2. The molecular formula is C16H36Cu2N4O2. The molecule has 6 nitrogen and oxygen atoms in total. The van der Waals surface area contributed by atoms with Crippen LogP contribution in [0.1, 0.15) is 55.4 Å². The molecule has 24 heavy (non-hydrogen) atoms. The van der Waals surface area contributed by atoms with Crippen molar-refractivity contribution in [1.82, 2.24) is 0 Å². The Morgan fingerprint density at radius 1 is 0.458 bits per heavy atom. The van der Waals surface area contributed by atoms with Crippen LogP contribution in [0, 0.1) is 0 Å². The van der Waals surface area contributed by atoms with E-state index in [9.17, 15) is 0 Å². The third kappa shape index (κ3) is 25.0. The first-order valence-electron chi connectivity index (χ1n) is 7.97. The summed E-state index contributed by atoms with van der Waals surface area (Å²) in [5.74, 6) is 0. The van der Waals surface area contributed by atoms with Gasteiger partial charge in [0.2, 0.25) is 0 Å². The van der Waals surface area contributed by atoms with Gasteiger partial charge in [-0.2, -0.15) is 0 Å². The molecule has 0 atom stereocenters. The Kier molecular flexibility index (Phi) is 27.2. The molecule has 0 fully saturated rings. The second kappa shape index (κ2) is 20.1. The van der Waals surface area contributed by atoms with Gasteiger partial charge < -0.3 is 30.7 Å². The van der Waals surface area contributed by atoms with Gasteiger partial charge in [-0.05, 0) is 0 Å². The standard InChI is InChI=1S/2C8H18N2O.2Cu/c2*1-6(2)9-8(11-5)10-7(3)4;;/h2*6-8H,1-5H3;;/q2*-2;2*+2. The molecule has 0 unspecified atom stereocenters. The van der Waals surface area contributed by atoms with Gasteiger partial charge in [0.15, 0.2) is 0 Å². The van der Waals surface area contributed by atoms with Crippen molar-refractivity contribution in [2.75, 3.05) is 14.2 Å². The molecule has 0 aromatic heterocycles. The summed E-state index contributed by atoms with van der Waals surface area (Å²) in [6, 6.07) is 1.12. The molecule has 154 valence electrons. The van der Waals surface area contributed by atoms with Crippen LogP contribution < -0.4 is 0 Å². The van der Waals surface area contributed by atoms with Crippen LogP contribution in [0.15, 0.2) is 0 Å². The average Bonchev–Trinajstić information content (AvgIpc) is 2.35. The molecule has 0 N–H and O–H groups in total. The zero-order chi connectivity index (χ0) is 17.7. The number of methoxy groups -OCH3 is 2. The molecule has 0 spiro atoms. The van der Waals surface area contributed by atoms with E-state index in [1.807, 2.05) is 55.4 Å². The molecule has 0 aliphatic carbocycles. The summed E-state index contributed by atoms with van der Waals surface area (Å²) in [5, 5.41) is 17.0. The normalized spacial score (nSPS) is 11.0. The summed E-state index contributed by atoms with van der Waals surface area (Å²) in [6.07, 6.45) is -0.565. The van der Waals surface area contributed by atoms with E-state index in [2.05, 4.69) is 21.3 Å². The van der Waals surface area contributed by atoms with E-state index in [-0.39, 0.29) is 71.0 Å². The van der Waals surface area contributed by atoms with Crippen molar-refractivity contribution in [3.63, 3.8) is 0 Å². The van der Waals surface area contributed by atoms with E-state index in [4.69, 9.17) is 9.47 Å². The summed E-state index contributed by atoms with van der Waals surface area (Å²) in [4.78, 5) is 0. The average molecular weight is 444 g/mol. The summed E-state index contributed by atoms with van der Waals surface area (Å²) in [5.41, 5.74) is 0. The smallest absolute Gasteiger partial charge is 0.653 e. The minimum atomic E-state index is -0.282. The van der Waals surface area contributed by atoms with Crippen LogP contribution in [0.2, 0.25) is 0 Å². The second-order valence-corrected chi connectivity index (χ2v) is 6.10. The predicted molar refractivity (Wildman–Crippen MR) is 95.6 cm³/mol. The maximum Gasteiger partial charge on any atom is 2.00 e. The van der Waals surface area contributed by atoms with Crippen LogP contribution in [-0.2, 0) is 43.6 Å². The van der Waals surface area contributed by atoms with Gasteiger partial charge in [-0.15, -0.1) is 36.9 Å². The molecule has 0 aliphatic heterocycles. The largest absolute Gasteiger partial charge is 2.00 e. The Bertz CT molecular complexity index is 202. The molecule has 0 heterocycles. The van der Waals surface area contributed by atoms with Crippen LogP contribution in [-0.4, -0.2) is 51.1 Å². The van der Waals surface area contributed by atoms with Crippen molar-refractivity contribution in [3.05, 3.63) is 21.3 Å². The molecule has 0 aromatic rings. The Hall–Kier alpha value is 0.799. The van der Waals surface area contributed by atoms with Gasteiger partial charge in [0, 0.05) is 14.2 Å². The van der Waals surface area contributed by atoms with Crippen molar-refractivity contribution < 1.29 is 43.6 Å². The first-order chi connectivity index (χ1) is 10.1. The van der Waals surface area contributed by atoms with Gasteiger partial charge in [0.1, 0.15) is 0 Å². The molecule has 0 amide bonds. The molecule has 0 saturated carbocycles. The quantitative estimate of drug-likeness (QED) is 0.448. The molecular weight excluding hydrogens is 407 g/mol. The fourth-order valence-corrected chi connectivity index (χ4v) is 1.34. The fraction of sp³-hybridized carbons (Fsp3) is 1.00. The van der Waals surface area contributed by atoms with E-state index in [0.717, 1.165) is 0 Å². The van der Waals surface area contributed by atoms with E-state index in [0.29, 0.717) is 0 Å². The second-order valence-electron chi connectivity index (χ2n) is 6.10. The summed E-state index contributed by atoms with van der Waals surface area (Å²) >= 11 is 0. The Balaban J connectivity index is -0.000000154. The van der Waals surface area contributed by atoms with Crippen LogP contribution in [0.4, 0.5) is 0 Å². The van der Waals surface area contributed by atoms with E-state index >= 15 is 0 Å². The summed E-state index contributed by atoms with van der Waals surface area (Å²) < 4.78 is 10.1. The zero-order valence-corrected chi connectivity index (χ0v) is 18.6. The molecule has 8 heteroatoms. The number of nitrogens with zero attached hydrogens (tertiary/aromatic N) is 4. The fourth-order valence-electron chi connectivity index (χ4n) is 1.34. The van der Waals surface area contributed by atoms with Gasteiger partial charge in [0.25, 0.3) is 0 Å². The molecule has 0 rings (SSSR count). The van der Waals surface area contributed by atoms with E-state index < -0.39 is 0 Å². The molecule has 0 aliphatic rings. The molecule has 2 radical (unpaired) electrons. The third-order valence-corrected chi connectivity index (χ3v) is 2.12. The SMILES string of the molecule is COC([N-]C(C)C)[N-]C(C)C.COC([N-]C(C)C)[N-]C(C)C.[Cu+2].[Cu+2]. The monoisotopic (exact) mass is 442 g/mol. The van der Waals surface area contributed by atoms with Crippen molar-refractivity contribution in [1.29, 1.82) is 0 Å². The molecule has 0 aromatic carbocycles. The number of rotatable bonds is 10. The topological polar surface area (TPSA) is 74.9 Å². The maximum atomic E-state index is 5.04. The maximum absolute atomic E-state index is 5.04. The Morgan fingerprint density at radius 3 is 0.708 bits per heavy atom. The van der Waals surface area contributed by atoms with Gasteiger partial charge in [-0.1, -0.05) is 55.4 Å². The van der Waals surface area contributed by atoms with Crippen molar-refractivity contribution in [2.24, 2.45) is 0 Å². The molecule has 0 saturated heterocycles. The van der Waals surface area contributed by atoms with Crippen molar-refractivity contribution in [3.8, 4) is 0 Å². The first-order valence-corrected chi connectivity index (χ1v) is 7.97. The van der Waals surface area contributed by atoms with Gasteiger partial charge in [-0.25, -0.2) is 0 Å². The van der Waals surface area contributed by atoms with E-state index in [1.54, 1.807) is 14.2 Å². The summed E-state index contributed by atoms with van der Waals surface area (Å²) in [6.45, 7) is 16.1. The van der Waals surface area contributed by atoms with Crippen LogP contribution in [0.3, 0.4) is 0 Å². The number of ether oxygens (including phenoxy) is 2. The van der Waals surface area contributed by atoms with Crippen LogP contribution in [0.25, 0.3) is 21.3 Å². The Labute approximate surface area is 171 Å². The third-order valence-electron chi connectivity index (χ3n) is 2.12. The number of hydrogen-bond donors (Lipinski definition) is 0. The summed E-state index contributed by atoms with van der Waals surface area (Å²) in [7, 11) is 3.25. The van der Waals surface area contributed by atoms with Gasteiger partial charge >= 0.3 is 34.1 Å². The first kappa shape index (κ1) is 32.5. The van der Waals surface area contributed by atoms with Gasteiger partial charge in [-0.3, -0.25) is 0 Å². The molecule has 0 bridgehead atoms. The predicted octanol–water partition coefficient (Wildman–Crippen LogP) is 4.96. The van der Waals surface area contributed by atoms with Crippen molar-refractivity contribution in [2.45, 2.75) is 92.3 Å². The Morgan fingerprint density at radius 2 is 0.625 bits per heavy atom. The van der Waals surface area contributed by atoms with Crippen molar-refractivity contribution >= 4 is 0 Å². The minimum Gasteiger partial charge on any atom is -0.653 e. The van der Waals surface area contributed by atoms with E-state index in [1.165, 1.54) is 0 Å².